The third-order valence-electron chi connectivity index (χ3n) is 3.52. The van der Waals surface area contributed by atoms with Gasteiger partial charge in [-0.25, -0.2) is 0 Å². The van der Waals surface area contributed by atoms with Crippen LogP contribution >= 0.6 is 12.2 Å². The highest BCUT2D eigenvalue weighted by molar-refractivity contribution is 7.80. The largest absolute Gasteiger partial charge is 0.454 e. The molecular weight excluding hydrogens is 338 g/mol. The Labute approximate surface area is 141 Å². The number of fused-ring (bicyclic) bond motifs is 1. The van der Waals surface area contributed by atoms with Gasteiger partial charge in [0.15, 0.2) is 16.6 Å². The van der Waals surface area contributed by atoms with Gasteiger partial charge in [-0.3, -0.25) is 29.9 Å². The number of ether oxygens (including phenoxy) is 2. The number of likely N-dealkylation sites (N-methyl/N-ethyl adjacent to an activating group) is 1. The molecule has 10 heteroatoms. The number of thiocarbonyl (C=S) groups is 1. The summed E-state index contributed by atoms with van der Waals surface area (Å²) in [6.07, 6.45) is 1.15. The molecule has 1 saturated heterocycles. The highest BCUT2D eigenvalue weighted by atomic mass is 32.1. The van der Waals surface area contributed by atoms with Gasteiger partial charge in [-0.05, 0) is 31.3 Å². The second-order valence-electron chi connectivity index (χ2n) is 4.89. The lowest BCUT2D eigenvalue weighted by Gasteiger charge is -2.27. The van der Waals surface area contributed by atoms with Gasteiger partial charge in [0.1, 0.15) is 5.57 Å². The second kappa shape index (κ2) is 5.89. The van der Waals surface area contributed by atoms with E-state index < -0.39 is 16.7 Å². The van der Waals surface area contributed by atoms with Crippen molar-refractivity contribution in [3.63, 3.8) is 0 Å². The standard InChI is InChI=1S/C14H11N3O6S/c1-2-16-13(19)8(12(18)15-14(16)24)3-7-4-10-11(23-6-22-10)5-9(7)17(20)21/h3-5H,2,6H2,1H3,(H,15,18,24)/b8-3-. The Morgan fingerprint density at radius 3 is 2.67 bits per heavy atom. The van der Waals surface area contributed by atoms with Crippen LogP contribution in [-0.2, 0) is 9.59 Å². The number of nitro groups is 1. The Morgan fingerprint density at radius 2 is 2.04 bits per heavy atom. The average molecular weight is 349 g/mol. The summed E-state index contributed by atoms with van der Waals surface area (Å²) in [6.45, 7) is 1.91. The fourth-order valence-electron chi connectivity index (χ4n) is 2.36. The molecule has 1 aromatic carbocycles. The van der Waals surface area contributed by atoms with Gasteiger partial charge in [0, 0.05) is 6.54 Å². The van der Waals surface area contributed by atoms with Crippen LogP contribution in [0, 0.1) is 10.1 Å². The molecule has 2 aliphatic rings. The van der Waals surface area contributed by atoms with Gasteiger partial charge in [-0.15, -0.1) is 0 Å². The van der Waals surface area contributed by atoms with E-state index in [1.807, 2.05) is 0 Å². The fourth-order valence-corrected chi connectivity index (χ4v) is 2.66. The quantitative estimate of drug-likeness (QED) is 0.284. The number of nitrogens with zero attached hydrogens (tertiary/aromatic N) is 2. The molecule has 24 heavy (non-hydrogen) atoms. The Kier molecular flexibility index (Phi) is 3.89. The van der Waals surface area contributed by atoms with Crippen LogP contribution in [0.5, 0.6) is 11.5 Å². The summed E-state index contributed by atoms with van der Waals surface area (Å²) in [7, 11) is 0. The summed E-state index contributed by atoms with van der Waals surface area (Å²) in [4.78, 5) is 36.3. The molecular formula is C14H11N3O6S. The maximum atomic E-state index is 12.4. The predicted octanol–water partition coefficient (Wildman–Crippen LogP) is 0.970. The van der Waals surface area contributed by atoms with Crippen molar-refractivity contribution in [1.29, 1.82) is 0 Å². The highest BCUT2D eigenvalue weighted by Gasteiger charge is 2.33. The predicted molar refractivity (Wildman–Crippen MR) is 85.3 cm³/mol. The van der Waals surface area contributed by atoms with Crippen LogP contribution < -0.4 is 14.8 Å². The molecule has 0 aromatic heterocycles. The molecule has 2 aliphatic heterocycles. The van der Waals surface area contributed by atoms with Crippen molar-refractivity contribution in [1.82, 2.24) is 10.2 Å². The molecule has 2 amide bonds. The Bertz CT molecular complexity index is 819. The maximum Gasteiger partial charge on any atom is 0.280 e. The van der Waals surface area contributed by atoms with Crippen molar-refractivity contribution < 1.29 is 24.0 Å². The highest BCUT2D eigenvalue weighted by Crippen LogP contribution is 2.38. The molecule has 9 nitrogen and oxygen atoms in total. The van der Waals surface area contributed by atoms with E-state index in [1.165, 1.54) is 17.0 Å². The average Bonchev–Trinajstić information content (AvgIpc) is 2.98. The van der Waals surface area contributed by atoms with Gasteiger partial charge < -0.3 is 9.47 Å². The van der Waals surface area contributed by atoms with Crippen LogP contribution in [0.2, 0.25) is 0 Å². The van der Waals surface area contributed by atoms with Gasteiger partial charge in [-0.2, -0.15) is 0 Å². The number of carbonyl (C=O) groups excluding carboxylic acids is 2. The Balaban J connectivity index is 2.10. The van der Waals surface area contributed by atoms with E-state index in [-0.39, 0.29) is 41.0 Å². The van der Waals surface area contributed by atoms with Crippen LogP contribution in [0.4, 0.5) is 5.69 Å². The van der Waals surface area contributed by atoms with Crippen molar-refractivity contribution in [3.05, 3.63) is 33.4 Å². The molecule has 0 saturated carbocycles. The lowest BCUT2D eigenvalue weighted by Crippen LogP contribution is -2.53. The number of hydrogen-bond donors (Lipinski definition) is 1. The number of hydrogen-bond acceptors (Lipinski definition) is 7. The summed E-state index contributed by atoms with van der Waals surface area (Å²) in [5.74, 6) is -0.779. The summed E-state index contributed by atoms with van der Waals surface area (Å²) in [6, 6.07) is 2.55. The first-order valence-electron chi connectivity index (χ1n) is 6.89. The lowest BCUT2D eigenvalue weighted by molar-refractivity contribution is -0.385. The van der Waals surface area contributed by atoms with Gasteiger partial charge in [-0.1, -0.05) is 0 Å². The van der Waals surface area contributed by atoms with Crippen molar-refractivity contribution in [2.45, 2.75) is 6.92 Å². The SMILES string of the molecule is CCN1C(=O)/C(=C\c2cc3c(cc2[N+](=O)[O-])OCO3)C(=O)NC1=S. The van der Waals surface area contributed by atoms with E-state index in [0.29, 0.717) is 5.75 Å². The van der Waals surface area contributed by atoms with Crippen molar-refractivity contribution in [2.24, 2.45) is 0 Å². The Hall–Kier alpha value is -3.01. The van der Waals surface area contributed by atoms with Crippen LogP contribution in [0.25, 0.3) is 6.08 Å². The molecule has 0 radical (unpaired) electrons. The van der Waals surface area contributed by atoms with Gasteiger partial charge in [0.25, 0.3) is 17.5 Å². The van der Waals surface area contributed by atoms with Gasteiger partial charge in [0.2, 0.25) is 6.79 Å². The number of rotatable bonds is 3. The molecule has 1 N–H and O–H groups in total. The number of nitro benzene ring substituents is 1. The normalized spacial score (nSPS) is 18.1. The summed E-state index contributed by atoms with van der Waals surface area (Å²) in [5.41, 5.74) is -0.484. The van der Waals surface area contributed by atoms with E-state index in [4.69, 9.17) is 21.7 Å². The summed E-state index contributed by atoms with van der Waals surface area (Å²) in [5, 5.41) is 13.7. The molecule has 0 aliphatic carbocycles. The maximum absolute atomic E-state index is 12.4. The molecule has 0 atom stereocenters. The third-order valence-corrected chi connectivity index (χ3v) is 3.84. The first kappa shape index (κ1) is 15.9. The van der Waals surface area contributed by atoms with Crippen molar-refractivity contribution in [3.8, 4) is 11.5 Å². The van der Waals surface area contributed by atoms with E-state index >= 15 is 0 Å². The smallest absolute Gasteiger partial charge is 0.280 e. The lowest BCUT2D eigenvalue weighted by atomic mass is 10.1. The van der Waals surface area contributed by atoms with E-state index in [2.05, 4.69) is 5.32 Å². The third kappa shape index (κ3) is 2.56. The number of nitrogens with one attached hydrogen (secondary N) is 1. The molecule has 1 fully saturated rings. The minimum Gasteiger partial charge on any atom is -0.454 e. The van der Waals surface area contributed by atoms with Crippen LogP contribution in [0.3, 0.4) is 0 Å². The molecule has 1 aromatic rings. The van der Waals surface area contributed by atoms with Crippen molar-refractivity contribution in [2.75, 3.05) is 13.3 Å². The molecule has 3 rings (SSSR count). The molecule has 2 heterocycles. The zero-order valence-electron chi connectivity index (χ0n) is 12.4. The number of carbonyl (C=O) groups is 2. The first-order chi connectivity index (χ1) is 11.4. The monoisotopic (exact) mass is 349 g/mol. The fraction of sp³-hybridized carbons (Fsp3) is 0.214. The molecule has 0 unspecified atom stereocenters. The van der Waals surface area contributed by atoms with Gasteiger partial charge >= 0.3 is 0 Å². The van der Waals surface area contributed by atoms with E-state index in [1.54, 1.807) is 6.92 Å². The zero-order valence-corrected chi connectivity index (χ0v) is 13.2. The summed E-state index contributed by atoms with van der Waals surface area (Å²) < 4.78 is 10.3. The Morgan fingerprint density at radius 1 is 1.38 bits per heavy atom. The van der Waals surface area contributed by atoms with E-state index in [0.717, 1.165) is 6.08 Å². The minimum absolute atomic E-state index is 0.00448. The van der Waals surface area contributed by atoms with Crippen LogP contribution in [0.1, 0.15) is 12.5 Å². The molecule has 124 valence electrons. The topological polar surface area (TPSA) is 111 Å². The zero-order chi connectivity index (χ0) is 17.4. The minimum atomic E-state index is -0.707. The van der Waals surface area contributed by atoms with Crippen molar-refractivity contribution >= 4 is 40.9 Å². The van der Waals surface area contributed by atoms with E-state index in [9.17, 15) is 19.7 Å². The molecule has 0 spiro atoms. The van der Waals surface area contributed by atoms with Crippen LogP contribution in [-0.4, -0.2) is 40.1 Å². The number of amides is 2. The molecule has 0 bridgehead atoms. The van der Waals surface area contributed by atoms with Crippen LogP contribution in [0.15, 0.2) is 17.7 Å². The summed E-state index contributed by atoms with van der Waals surface area (Å²) >= 11 is 4.93. The first-order valence-corrected chi connectivity index (χ1v) is 7.30. The number of benzene rings is 1. The second-order valence-corrected chi connectivity index (χ2v) is 5.27. The van der Waals surface area contributed by atoms with Gasteiger partial charge in [0.05, 0.1) is 16.6 Å².